The van der Waals surface area contributed by atoms with Gasteiger partial charge in [0.1, 0.15) is 11.9 Å². The lowest BCUT2D eigenvalue weighted by Crippen LogP contribution is -2.48. The predicted molar refractivity (Wildman–Crippen MR) is 109 cm³/mol. The van der Waals surface area contributed by atoms with E-state index in [1.165, 1.54) is 29.2 Å². The quantitative estimate of drug-likeness (QED) is 0.681. The largest absolute Gasteiger partial charge is 0.376 e. The van der Waals surface area contributed by atoms with Gasteiger partial charge in [-0.2, -0.15) is 0 Å². The van der Waals surface area contributed by atoms with Crippen molar-refractivity contribution in [1.82, 2.24) is 4.90 Å². The standard InChI is InChI=1S/C22H20ClFN2O4/c23-15-5-9-17(10-6-15)26-20(27)12-19(22(26)29)25(13-18-2-1-11-30-18)21(28)14-3-7-16(24)8-4-14/h3-10,18-19H,1-2,11-13H2. The number of rotatable bonds is 5. The maximum Gasteiger partial charge on any atom is 0.257 e. The van der Waals surface area contributed by atoms with E-state index < -0.39 is 29.6 Å². The Balaban J connectivity index is 1.63. The summed E-state index contributed by atoms with van der Waals surface area (Å²) in [6.45, 7) is 0.784. The first kappa shape index (κ1) is 20.5. The van der Waals surface area contributed by atoms with E-state index in [1.807, 2.05) is 0 Å². The van der Waals surface area contributed by atoms with E-state index in [9.17, 15) is 18.8 Å². The zero-order chi connectivity index (χ0) is 21.3. The van der Waals surface area contributed by atoms with Gasteiger partial charge in [-0.1, -0.05) is 11.6 Å². The molecule has 0 spiro atoms. The Bertz CT molecular complexity index is 958. The summed E-state index contributed by atoms with van der Waals surface area (Å²) in [6, 6.07) is 10.6. The molecule has 2 aromatic carbocycles. The first-order chi connectivity index (χ1) is 14.4. The van der Waals surface area contributed by atoms with Crippen LogP contribution < -0.4 is 4.90 Å². The van der Waals surface area contributed by atoms with Crippen molar-refractivity contribution in [3.8, 4) is 0 Å². The van der Waals surface area contributed by atoms with Crippen molar-refractivity contribution < 1.29 is 23.5 Å². The molecule has 0 N–H and O–H groups in total. The Kier molecular flexibility index (Phi) is 5.83. The molecule has 2 heterocycles. The Labute approximate surface area is 178 Å². The van der Waals surface area contributed by atoms with E-state index in [1.54, 1.807) is 24.3 Å². The highest BCUT2D eigenvalue weighted by molar-refractivity contribution is 6.31. The van der Waals surface area contributed by atoms with Gasteiger partial charge in [-0.05, 0) is 61.4 Å². The van der Waals surface area contributed by atoms with Gasteiger partial charge in [-0.15, -0.1) is 0 Å². The first-order valence-electron chi connectivity index (χ1n) is 9.74. The second-order valence-electron chi connectivity index (χ2n) is 7.36. The zero-order valence-electron chi connectivity index (χ0n) is 16.1. The second kappa shape index (κ2) is 8.53. The molecule has 2 saturated heterocycles. The van der Waals surface area contributed by atoms with Gasteiger partial charge in [0, 0.05) is 23.7 Å². The van der Waals surface area contributed by atoms with Gasteiger partial charge in [0.05, 0.1) is 18.2 Å². The summed E-state index contributed by atoms with van der Waals surface area (Å²) in [4.78, 5) is 41.6. The van der Waals surface area contributed by atoms with E-state index in [-0.39, 0.29) is 24.6 Å². The molecule has 8 heteroatoms. The predicted octanol–water partition coefficient (Wildman–Crippen LogP) is 3.43. The van der Waals surface area contributed by atoms with Crippen LogP contribution in [0.4, 0.5) is 10.1 Å². The van der Waals surface area contributed by atoms with Crippen LogP contribution in [-0.2, 0) is 14.3 Å². The number of hydrogen-bond donors (Lipinski definition) is 0. The summed E-state index contributed by atoms with van der Waals surface area (Å²) in [6.07, 6.45) is 1.31. The fourth-order valence-electron chi connectivity index (χ4n) is 3.84. The minimum absolute atomic E-state index is 0.124. The van der Waals surface area contributed by atoms with Crippen LogP contribution in [0.15, 0.2) is 48.5 Å². The van der Waals surface area contributed by atoms with Crippen molar-refractivity contribution >= 4 is 35.0 Å². The number of carbonyl (C=O) groups is 3. The molecule has 2 aliphatic heterocycles. The van der Waals surface area contributed by atoms with Gasteiger partial charge < -0.3 is 9.64 Å². The van der Waals surface area contributed by atoms with E-state index >= 15 is 0 Å². The van der Waals surface area contributed by atoms with Gasteiger partial charge in [0.15, 0.2) is 0 Å². The van der Waals surface area contributed by atoms with Crippen molar-refractivity contribution in [3.05, 3.63) is 64.9 Å². The fraction of sp³-hybridized carbons (Fsp3) is 0.318. The van der Waals surface area contributed by atoms with Crippen LogP contribution in [0.2, 0.25) is 5.02 Å². The minimum atomic E-state index is -0.949. The number of carbonyl (C=O) groups excluding carboxylic acids is 3. The van der Waals surface area contributed by atoms with Crippen LogP contribution in [0, 0.1) is 5.82 Å². The third-order valence-corrected chi connectivity index (χ3v) is 5.61. The van der Waals surface area contributed by atoms with Gasteiger partial charge in [-0.25, -0.2) is 9.29 Å². The number of anilines is 1. The van der Waals surface area contributed by atoms with Crippen molar-refractivity contribution in [3.63, 3.8) is 0 Å². The van der Waals surface area contributed by atoms with Gasteiger partial charge in [0.2, 0.25) is 5.91 Å². The molecule has 0 saturated carbocycles. The molecule has 0 aromatic heterocycles. The van der Waals surface area contributed by atoms with Crippen LogP contribution in [0.1, 0.15) is 29.6 Å². The van der Waals surface area contributed by atoms with Crippen LogP contribution in [0.5, 0.6) is 0 Å². The average Bonchev–Trinajstić information content (AvgIpc) is 3.35. The highest BCUT2D eigenvalue weighted by Crippen LogP contribution is 2.29. The molecule has 0 radical (unpaired) electrons. The van der Waals surface area contributed by atoms with Crippen molar-refractivity contribution in [1.29, 1.82) is 0 Å². The normalized spacial score (nSPS) is 21.3. The summed E-state index contributed by atoms with van der Waals surface area (Å²) < 4.78 is 19.0. The number of imide groups is 1. The summed E-state index contributed by atoms with van der Waals surface area (Å²) in [5.41, 5.74) is 0.655. The monoisotopic (exact) mass is 430 g/mol. The molecule has 0 aliphatic carbocycles. The maximum absolute atomic E-state index is 13.3. The maximum atomic E-state index is 13.3. The van der Waals surface area contributed by atoms with Gasteiger partial charge in [0.25, 0.3) is 11.8 Å². The SMILES string of the molecule is O=C1CC(N(CC2CCCO2)C(=O)c2ccc(F)cc2)C(=O)N1c1ccc(Cl)cc1. The van der Waals surface area contributed by atoms with Gasteiger partial charge >= 0.3 is 0 Å². The minimum Gasteiger partial charge on any atom is -0.376 e. The van der Waals surface area contributed by atoms with E-state index in [0.717, 1.165) is 17.7 Å². The molecule has 30 heavy (non-hydrogen) atoms. The topological polar surface area (TPSA) is 66.9 Å². The number of nitrogens with zero attached hydrogens (tertiary/aromatic N) is 2. The molecule has 2 atom stereocenters. The molecule has 2 aliphatic rings. The lowest BCUT2D eigenvalue weighted by Gasteiger charge is -2.30. The molecule has 6 nitrogen and oxygen atoms in total. The summed E-state index contributed by atoms with van der Waals surface area (Å²) in [5.74, 6) is -1.76. The van der Waals surface area contributed by atoms with Crippen molar-refractivity contribution in [2.45, 2.75) is 31.4 Å². The highest BCUT2D eigenvalue weighted by atomic mass is 35.5. The van der Waals surface area contributed by atoms with E-state index in [0.29, 0.717) is 17.3 Å². The van der Waals surface area contributed by atoms with E-state index in [4.69, 9.17) is 16.3 Å². The third kappa shape index (κ3) is 4.08. The number of amides is 3. The molecule has 0 bridgehead atoms. The number of ether oxygens (including phenoxy) is 1. The highest BCUT2D eigenvalue weighted by Gasteiger charge is 2.45. The second-order valence-corrected chi connectivity index (χ2v) is 7.80. The number of hydrogen-bond acceptors (Lipinski definition) is 4. The Hall–Kier alpha value is -2.77. The van der Waals surface area contributed by atoms with Gasteiger partial charge in [-0.3, -0.25) is 14.4 Å². The molecule has 3 amide bonds. The molecular formula is C22H20ClFN2O4. The molecule has 4 rings (SSSR count). The summed E-state index contributed by atoms with van der Waals surface area (Å²) in [5, 5.41) is 0.487. The molecule has 2 fully saturated rings. The van der Waals surface area contributed by atoms with E-state index in [2.05, 4.69) is 0 Å². The van der Waals surface area contributed by atoms with Crippen molar-refractivity contribution in [2.24, 2.45) is 0 Å². The average molecular weight is 431 g/mol. The number of benzene rings is 2. The van der Waals surface area contributed by atoms with Crippen LogP contribution in [0.25, 0.3) is 0 Å². The molecule has 2 aromatic rings. The summed E-state index contributed by atoms with van der Waals surface area (Å²) >= 11 is 5.90. The van der Waals surface area contributed by atoms with Crippen LogP contribution >= 0.6 is 11.6 Å². The number of halogens is 2. The Morgan fingerprint density at radius 2 is 1.83 bits per heavy atom. The molecular weight excluding hydrogens is 411 g/mol. The lowest BCUT2D eigenvalue weighted by atomic mass is 10.1. The summed E-state index contributed by atoms with van der Waals surface area (Å²) in [7, 11) is 0. The molecule has 2 unspecified atom stereocenters. The first-order valence-corrected chi connectivity index (χ1v) is 10.1. The zero-order valence-corrected chi connectivity index (χ0v) is 16.8. The fourth-order valence-corrected chi connectivity index (χ4v) is 3.96. The third-order valence-electron chi connectivity index (χ3n) is 5.36. The molecule has 156 valence electrons. The lowest BCUT2D eigenvalue weighted by molar-refractivity contribution is -0.122. The van der Waals surface area contributed by atoms with Crippen LogP contribution in [0.3, 0.4) is 0 Å². The Morgan fingerprint density at radius 3 is 2.47 bits per heavy atom. The smallest absolute Gasteiger partial charge is 0.257 e. The van der Waals surface area contributed by atoms with Crippen molar-refractivity contribution in [2.75, 3.05) is 18.1 Å². The van der Waals surface area contributed by atoms with Crippen LogP contribution in [-0.4, -0.2) is 47.9 Å². The Morgan fingerprint density at radius 1 is 1.13 bits per heavy atom.